The Hall–Kier alpha value is -0.380. The van der Waals surface area contributed by atoms with Crippen LogP contribution in [0.3, 0.4) is 0 Å². The molecule has 1 aromatic heterocycles. The number of nitrogens with one attached hydrogen (secondary N) is 2. The van der Waals surface area contributed by atoms with Crippen molar-refractivity contribution in [2.24, 2.45) is 0 Å². The van der Waals surface area contributed by atoms with Crippen LogP contribution in [-0.4, -0.2) is 22.9 Å². The Morgan fingerprint density at radius 2 is 2.18 bits per heavy atom. The first-order chi connectivity index (χ1) is 7.95. The van der Waals surface area contributed by atoms with Gasteiger partial charge in [0.25, 0.3) is 0 Å². The molecule has 1 unspecified atom stereocenters. The molecule has 0 fully saturated rings. The van der Waals surface area contributed by atoms with E-state index in [0.717, 1.165) is 23.8 Å². The van der Waals surface area contributed by atoms with Gasteiger partial charge in [-0.1, -0.05) is 0 Å². The zero-order valence-electron chi connectivity index (χ0n) is 8.12. The minimum Gasteiger partial charge on any atom is -0.383 e. The highest BCUT2D eigenvalue weighted by Gasteiger charge is 2.19. The van der Waals surface area contributed by atoms with E-state index in [2.05, 4.69) is 36.8 Å². The van der Waals surface area contributed by atoms with Crippen molar-refractivity contribution in [2.45, 2.75) is 12.7 Å². The molecule has 0 radical (unpaired) electrons. The van der Waals surface area contributed by atoms with Crippen LogP contribution < -0.4 is 5.32 Å². The van der Waals surface area contributed by atoms with Crippen LogP contribution in [0.5, 0.6) is 0 Å². The molecule has 0 amide bonds. The third-order valence-corrected chi connectivity index (χ3v) is 4.12. The Morgan fingerprint density at radius 3 is 2.59 bits per heavy atom. The van der Waals surface area contributed by atoms with E-state index in [1.165, 1.54) is 0 Å². The van der Waals surface area contributed by atoms with Crippen LogP contribution in [0.1, 0.15) is 11.0 Å². The van der Waals surface area contributed by atoms with Crippen molar-refractivity contribution in [1.82, 2.24) is 10.3 Å². The largest absolute Gasteiger partial charge is 0.383 e. The standard InChI is InChI=1S/C8H7Br2F2N3OS/c9-6-5(17-7(10)15-6)4(16)3(1-13)2-14-8(11)12/h1-2,4,8,13-14,16H/b3-2+,13-1?. The second-order valence-corrected chi connectivity index (χ2v) is 5.84. The molecule has 0 bridgehead atoms. The molecule has 1 aromatic rings. The van der Waals surface area contributed by atoms with Crippen LogP contribution >= 0.6 is 43.2 Å². The van der Waals surface area contributed by atoms with E-state index in [1.807, 2.05) is 0 Å². The molecule has 0 saturated carbocycles. The van der Waals surface area contributed by atoms with Gasteiger partial charge in [-0.15, -0.1) is 11.3 Å². The Balaban J connectivity index is 2.93. The lowest BCUT2D eigenvalue weighted by atomic mass is 10.1. The van der Waals surface area contributed by atoms with E-state index in [0.29, 0.717) is 13.4 Å². The maximum absolute atomic E-state index is 11.9. The Bertz CT molecular complexity index is 438. The minimum atomic E-state index is -2.74. The quantitative estimate of drug-likeness (QED) is 0.534. The Morgan fingerprint density at radius 1 is 1.53 bits per heavy atom. The molecule has 4 nitrogen and oxygen atoms in total. The number of aliphatic hydroxyl groups is 1. The van der Waals surface area contributed by atoms with E-state index in [4.69, 9.17) is 5.41 Å². The summed E-state index contributed by atoms with van der Waals surface area (Å²) < 4.78 is 24.8. The number of rotatable bonds is 5. The molecular weight excluding hydrogens is 384 g/mol. The molecule has 0 aliphatic heterocycles. The molecule has 1 atom stereocenters. The Labute approximate surface area is 117 Å². The van der Waals surface area contributed by atoms with Gasteiger partial charge in [-0.3, -0.25) is 0 Å². The number of halogens is 4. The lowest BCUT2D eigenvalue weighted by Crippen LogP contribution is -2.15. The molecule has 17 heavy (non-hydrogen) atoms. The SMILES string of the molecule is N=C/C(=C\NC(F)F)C(O)c1sc(Br)nc1Br. The molecule has 3 N–H and O–H groups in total. The first kappa shape index (κ1) is 14.7. The molecule has 1 heterocycles. The zero-order valence-corrected chi connectivity index (χ0v) is 12.1. The van der Waals surface area contributed by atoms with Crippen molar-refractivity contribution in [3.8, 4) is 0 Å². The molecule has 0 saturated heterocycles. The van der Waals surface area contributed by atoms with Crippen molar-refractivity contribution in [1.29, 1.82) is 5.41 Å². The predicted octanol–water partition coefficient (Wildman–Crippen LogP) is 3.05. The second kappa shape index (κ2) is 6.53. The van der Waals surface area contributed by atoms with Gasteiger partial charge in [-0.25, -0.2) is 4.98 Å². The van der Waals surface area contributed by atoms with Crippen LogP contribution in [0, 0.1) is 5.41 Å². The first-order valence-electron chi connectivity index (χ1n) is 4.20. The summed E-state index contributed by atoms with van der Waals surface area (Å²) >= 11 is 7.42. The maximum Gasteiger partial charge on any atom is 0.312 e. The number of hydrogen-bond donors (Lipinski definition) is 3. The first-order valence-corrected chi connectivity index (χ1v) is 6.60. The molecule has 0 aliphatic rings. The van der Waals surface area contributed by atoms with Gasteiger partial charge in [0.15, 0.2) is 3.92 Å². The van der Waals surface area contributed by atoms with E-state index in [-0.39, 0.29) is 5.57 Å². The van der Waals surface area contributed by atoms with Gasteiger partial charge in [0.2, 0.25) is 0 Å². The lowest BCUT2D eigenvalue weighted by molar-refractivity contribution is 0.124. The monoisotopic (exact) mass is 389 g/mol. The molecular formula is C8H7Br2F2N3OS. The fourth-order valence-electron chi connectivity index (χ4n) is 0.967. The van der Waals surface area contributed by atoms with E-state index in [1.54, 1.807) is 5.32 Å². The number of aliphatic hydroxyl groups excluding tert-OH is 1. The second-order valence-electron chi connectivity index (χ2n) is 2.78. The fraction of sp³-hybridized carbons (Fsp3) is 0.250. The van der Waals surface area contributed by atoms with Crippen molar-refractivity contribution in [3.63, 3.8) is 0 Å². The summed E-state index contributed by atoms with van der Waals surface area (Å²) in [5.74, 6) is 0. The van der Waals surface area contributed by atoms with Crippen molar-refractivity contribution < 1.29 is 13.9 Å². The summed E-state index contributed by atoms with van der Waals surface area (Å²) in [6.07, 6.45) is 0.527. The average molecular weight is 391 g/mol. The highest BCUT2D eigenvalue weighted by molar-refractivity contribution is 9.11. The predicted molar refractivity (Wildman–Crippen MR) is 68.5 cm³/mol. The molecule has 0 aromatic carbocycles. The van der Waals surface area contributed by atoms with Crippen LogP contribution in [-0.2, 0) is 0 Å². The zero-order chi connectivity index (χ0) is 13.0. The number of alkyl halides is 2. The fourth-order valence-corrected chi connectivity index (χ4v) is 3.36. The van der Waals surface area contributed by atoms with Gasteiger partial charge in [0.1, 0.15) is 10.7 Å². The summed E-state index contributed by atoms with van der Waals surface area (Å²) in [6.45, 7) is -2.74. The van der Waals surface area contributed by atoms with Gasteiger partial charge in [0, 0.05) is 18.0 Å². The average Bonchev–Trinajstić information content (AvgIpc) is 2.58. The van der Waals surface area contributed by atoms with Gasteiger partial charge < -0.3 is 15.8 Å². The van der Waals surface area contributed by atoms with E-state index >= 15 is 0 Å². The normalized spacial score (nSPS) is 13.9. The van der Waals surface area contributed by atoms with Crippen LogP contribution in [0.2, 0.25) is 0 Å². The van der Waals surface area contributed by atoms with Crippen molar-refractivity contribution in [3.05, 3.63) is 25.2 Å². The van der Waals surface area contributed by atoms with Crippen molar-refractivity contribution in [2.75, 3.05) is 0 Å². The van der Waals surface area contributed by atoms with Gasteiger partial charge >= 0.3 is 6.55 Å². The Kier molecular flexibility index (Phi) is 5.63. The summed E-state index contributed by atoms with van der Waals surface area (Å²) in [7, 11) is 0. The van der Waals surface area contributed by atoms with Gasteiger partial charge in [-0.05, 0) is 31.9 Å². The number of thiazole rings is 1. The number of nitrogens with zero attached hydrogens (tertiary/aromatic N) is 1. The summed E-state index contributed by atoms with van der Waals surface area (Å²) in [4.78, 5) is 4.40. The van der Waals surface area contributed by atoms with Gasteiger partial charge in [-0.2, -0.15) is 8.78 Å². The highest BCUT2D eigenvalue weighted by Crippen LogP contribution is 2.34. The van der Waals surface area contributed by atoms with Crippen LogP contribution in [0.15, 0.2) is 20.3 Å². The van der Waals surface area contributed by atoms with E-state index in [9.17, 15) is 13.9 Å². The third-order valence-electron chi connectivity index (χ3n) is 1.69. The highest BCUT2D eigenvalue weighted by atomic mass is 79.9. The number of hydrogen-bond acceptors (Lipinski definition) is 5. The maximum atomic E-state index is 11.9. The minimum absolute atomic E-state index is 0.0159. The van der Waals surface area contributed by atoms with E-state index < -0.39 is 12.7 Å². The molecule has 0 spiro atoms. The summed E-state index contributed by atoms with van der Waals surface area (Å²) in [5, 5.41) is 18.7. The van der Waals surface area contributed by atoms with Crippen LogP contribution in [0.4, 0.5) is 8.78 Å². The summed E-state index contributed by atoms with van der Waals surface area (Å²) in [6, 6.07) is 0. The summed E-state index contributed by atoms with van der Waals surface area (Å²) in [5.41, 5.74) is 0.0159. The smallest absolute Gasteiger partial charge is 0.312 e. The molecule has 94 valence electrons. The topological polar surface area (TPSA) is 69.0 Å². The molecule has 9 heteroatoms. The van der Waals surface area contributed by atoms with Gasteiger partial charge in [0.05, 0.1) is 4.88 Å². The number of aromatic nitrogens is 1. The molecule has 0 aliphatic carbocycles. The molecule has 1 rings (SSSR count). The van der Waals surface area contributed by atoms with Crippen LogP contribution in [0.25, 0.3) is 0 Å². The van der Waals surface area contributed by atoms with Crippen molar-refractivity contribution >= 4 is 49.4 Å². The third kappa shape index (κ3) is 4.09. The lowest BCUT2D eigenvalue weighted by Gasteiger charge is -2.10.